The van der Waals surface area contributed by atoms with Crippen LogP contribution in [0.1, 0.15) is 18.9 Å². The zero-order valence-corrected chi connectivity index (χ0v) is 10.5. The number of halogens is 1. The van der Waals surface area contributed by atoms with Crippen molar-refractivity contribution in [3.05, 3.63) is 35.9 Å². The van der Waals surface area contributed by atoms with Gasteiger partial charge in [-0.2, -0.15) is 0 Å². The lowest BCUT2D eigenvalue weighted by Crippen LogP contribution is -2.44. The lowest BCUT2D eigenvalue weighted by molar-refractivity contribution is 0.0556. The molecule has 1 heterocycles. The summed E-state index contributed by atoms with van der Waals surface area (Å²) >= 11 is 0. The van der Waals surface area contributed by atoms with E-state index >= 15 is 0 Å². The van der Waals surface area contributed by atoms with Crippen LogP contribution in [0.25, 0.3) is 0 Å². The van der Waals surface area contributed by atoms with Crippen molar-refractivity contribution < 1.29 is 13.9 Å². The fraction of sp³-hybridized carbons (Fsp3) is 0.500. The summed E-state index contributed by atoms with van der Waals surface area (Å²) in [5.74, 6) is 0.0307. The van der Waals surface area contributed by atoms with Crippen molar-refractivity contribution in [1.82, 2.24) is 4.90 Å². The highest BCUT2D eigenvalue weighted by atomic mass is 19.1. The van der Waals surface area contributed by atoms with E-state index in [0.717, 1.165) is 5.56 Å². The average Bonchev–Trinajstić information content (AvgIpc) is 2.40. The second kappa shape index (κ2) is 5.85. The quantitative estimate of drug-likeness (QED) is 0.808. The van der Waals surface area contributed by atoms with E-state index in [-0.39, 0.29) is 19.1 Å². The number of hydrogen-bond donors (Lipinski definition) is 0. The van der Waals surface area contributed by atoms with Gasteiger partial charge in [-0.05, 0) is 17.9 Å². The van der Waals surface area contributed by atoms with Crippen LogP contribution in [0.5, 0.6) is 0 Å². The summed E-state index contributed by atoms with van der Waals surface area (Å²) in [5.41, 5.74) is 0.938. The first-order valence-electron chi connectivity index (χ1n) is 6.26. The minimum Gasteiger partial charge on any atom is -0.445 e. The van der Waals surface area contributed by atoms with E-state index in [0.29, 0.717) is 13.0 Å². The number of amides is 1. The number of alkyl halides is 1. The van der Waals surface area contributed by atoms with Gasteiger partial charge < -0.3 is 9.64 Å². The highest BCUT2D eigenvalue weighted by Crippen LogP contribution is 2.20. The van der Waals surface area contributed by atoms with E-state index in [1.54, 1.807) is 0 Å². The monoisotopic (exact) mass is 251 g/mol. The van der Waals surface area contributed by atoms with Gasteiger partial charge in [-0.1, -0.05) is 37.3 Å². The van der Waals surface area contributed by atoms with Crippen LogP contribution in [0.15, 0.2) is 30.3 Å². The van der Waals surface area contributed by atoms with Gasteiger partial charge in [-0.25, -0.2) is 9.18 Å². The third-order valence-electron chi connectivity index (χ3n) is 3.33. The third-order valence-corrected chi connectivity index (χ3v) is 3.33. The molecule has 1 aromatic rings. The molecule has 18 heavy (non-hydrogen) atoms. The lowest BCUT2D eigenvalue weighted by Gasteiger charge is -2.32. The first kappa shape index (κ1) is 12.9. The molecule has 0 N–H and O–H groups in total. The summed E-state index contributed by atoms with van der Waals surface area (Å²) in [7, 11) is 0. The van der Waals surface area contributed by atoms with Gasteiger partial charge in [0.2, 0.25) is 0 Å². The first-order valence-corrected chi connectivity index (χ1v) is 6.26. The predicted molar refractivity (Wildman–Crippen MR) is 66.9 cm³/mol. The molecule has 98 valence electrons. The molecule has 0 radical (unpaired) electrons. The second-order valence-electron chi connectivity index (χ2n) is 4.77. The number of rotatable bonds is 2. The van der Waals surface area contributed by atoms with Gasteiger partial charge in [0.15, 0.2) is 0 Å². The second-order valence-corrected chi connectivity index (χ2v) is 4.77. The van der Waals surface area contributed by atoms with E-state index < -0.39 is 12.3 Å². The largest absolute Gasteiger partial charge is 0.445 e. The van der Waals surface area contributed by atoms with E-state index in [1.807, 2.05) is 37.3 Å². The molecule has 0 saturated carbocycles. The summed E-state index contributed by atoms with van der Waals surface area (Å²) in [5, 5.41) is 0. The number of carbonyl (C=O) groups excluding carboxylic acids is 1. The Kier molecular flexibility index (Phi) is 4.18. The van der Waals surface area contributed by atoms with Gasteiger partial charge in [0, 0.05) is 6.54 Å². The molecule has 1 fully saturated rings. The minimum absolute atomic E-state index is 0.0307. The molecule has 0 aliphatic carbocycles. The Hall–Kier alpha value is -1.58. The molecule has 0 aromatic heterocycles. The van der Waals surface area contributed by atoms with Gasteiger partial charge in [0.1, 0.15) is 12.8 Å². The van der Waals surface area contributed by atoms with Crippen molar-refractivity contribution in [2.75, 3.05) is 13.1 Å². The predicted octanol–water partition coefficient (Wildman–Crippen LogP) is 3.00. The zero-order valence-electron chi connectivity index (χ0n) is 10.5. The molecule has 2 atom stereocenters. The van der Waals surface area contributed by atoms with Gasteiger partial charge in [0.25, 0.3) is 0 Å². The van der Waals surface area contributed by atoms with Crippen molar-refractivity contribution in [2.45, 2.75) is 26.1 Å². The molecular weight excluding hydrogens is 233 g/mol. The van der Waals surface area contributed by atoms with Crippen molar-refractivity contribution >= 4 is 6.09 Å². The van der Waals surface area contributed by atoms with Gasteiger partial charge in [-0.3, -0.25) is 0 Å². The Morgan fingerprint density at radius 1 is 1.44 bits per heavy atom. The van der Waals surface area contributed by atoms with Crippen molar-refractivity contribution in [3.63, 3.8) is 0 Å². The number of piperidine rings is 1. The van der Waals surface area contributed by atoms with Gasteiger partial charge >= 0.3 is 6.09 Å². The Bertz CT molecular complexity index is 396. The van der Waals surface area contributed by atoms with Gasteiger partial charge in [0.05, 0.1) is 6.54 Å². The van der Waals surface area contributed by atoms with E-state index in [4.69, 9.17) is 4.74 Å². The van der Waals surface area contributed by atoms with Crippen LogP contribution in [-0.4, -0.2) is 30.3 Å². The summed E-state index contributed by atoms with van der Waals surface area (Å²) in [4.78, 5) is 13.2. The minimum atomic E-state index is -0.942. The molecular formula is C14H18FNO2. The normalized spacial score (nSPS) is 23.8. The van der Waals surface area contributed by atoms with Crippen LogP contribution in [0.2, 0.25) is 0 Å². The van der Waals surface area contributed by atoms with Crippen molar-refractivity contribution in [3.8, 4) is 0 Å². The molecule has 4 heteroatoms. The molecule has 1 aliphatic heterocycles. The molecule has 1 saturated heterocycles. The molecule has 1 aromatic carbocycles. The van der Waals surface area contributed by atoms with E-state index in [2.05, 4.69) is 0 Å². The Labute approximate surface area is 107 Å². The Morgan fingerprint density at radius 3 is 2.83 bits per heavy atom. The molecule has 0 bridgehead atoms. The molecule has 2 unspecified atom stereocenters. The van der Waals surface area contributed by atoms with Crippen molar-refractivity contribution in [2.24, 2.45) is 5.92 Å². The SMILES string of the molecule is CC1CCN(C(=O)OCc2ccccc2)CC1F. The topological polar surface area (TPSA) is 29.5 Å². The van der Waals surface area contributed by atoms with E-state index in [1.165, 1.54) is 4.90 Å². The number of likely N-dealkylation sites (tertiary alicyclic amines) is 1. The number of benzene rings is 1. The van der Waals surface area contributed by atoms with Crippen molar-refractivity contribution in [1.29, 1.82) is 0 Å². The number of carbonyl (C=O) groups is 1. The Balaban J connectivity index is 1.82. The maximum absolute atomic E-state index is 13.5. The number of nitrogens with zero attached hydrogens (tertiary/aromatic N) is 1. The maximum atomic E-state index is 13.5. The van der Waals surface area contributed by atoms with Crippen LogP contribution in [0.4, 0.5) is 9.18 Å². The van der Waals surface area contributed by atoms with Crippen LogP contribution in [0.3, 0.4) is 0 Å². The summed E-state index contributed by atoms with van der Waals surface area (Å²) in [6, 6.07) is 9.48. The van der Waals surface area contributed by atoms with Crippen LogP contribution >= 0.6 is 0 Å². The first-order chi connectivity index (χ1) is 8.66. The molecule has 2 rings (SSSR count). The molecule has 0 spiro atoms. The molecule has 3 nitrogen and oxygen atoms in total. The fourth-order valence-corrected chi connectivity index (χ4v) is 2.00. The highest BCUT2D eigenvalue weighted by molar-refractivity contribution is 5.67. The Morgan fingerprint density at radius 2 is 2.17 bits per heavy atom. The zero-order chi connectivity index (χ0) is 13.0. The average molecular weight is 251 g/mol. The lowest BCUT2D eigenvalue weighted by atomic mass is 9.98. The van der Waals surface area contributed by atoms with Crippen LogP contribution < -0.4 is 0 Å². The standard InChI is InChI=1S/C14H18FNO2/c1-11-7-8-16(9-13(11)15)14(17)18-10-12-5-3-2-4-6-12/h2-6,11,13H,7-10H2,1H3. The fourth-order valence-electron chi connectivity index (χ4n) is 2.00. The smallest absolute Gasteiger partial charge is 0.410 e. The highest BCUT2D eigenvalue weighted by Gasteiger charge is 2.29. The molecule has 1 amide bonds. The summed E-state index contributed by atoms with van der Waals surface area (Å²) in [6.07, 6.45) is -0.668. The van der Waals surface area contributed by atoms with Crippen LogP contribution in [-0.2, 0) is 11.3 Å². The summed E-state index contributed by atoms with van der Waals surface area (Å²) in [6.45, 7) is 2.84. The number of hydrogen-bond acceptors (Lipinski definition) is 2. The van der Waals surface area contributed by atoms with E-state index in [9.17, 15) is 9.18 Å². The summed E-state index contributed by atoms with van der Waals surface area (Å²) < 4.78 is 18.7. The third kappa shape index (κ3) is 3.22. The maximum Gasteiger partial charge on any atom is 0.410 e. The van der Waals surface area contributed by atoms with Gasteiger partial charge in [-0.15, -0.1) is 0 Å². The molecule has 1 aliphatic rings. The van der Waals surface area contributed by atoms with Crippen LogP contribution in [0, 0.1) is 5.92 Å². The number of ether oxygens (including phenoxy) is 1.